The molecule has 1 heterocycles. The molecule has 350 valence electrons. The lowest BCUT2D eigenvalue weighted by Gasteiger charge is -2.67. The average molecular weight is 911 g/mol. The molecule has 1 aliphatic heterocycles. The molecule has 5 N–H and O–H groups in total. The van der Waals surface area contributed by atoms with E-state index in [2.05, 4.69) is 5.32 Å². The van der Waals surface area contributed by atoms with E-state index in [1.54, 1.807) is 92.7 Å². The third kappa shape index (κ3) is 8.18. The molecule has 3 fully saturated rings. The Hall–Kier alpha value is -6.27. The van der Waals surface area contributed by atoms with Crippen LogP contribution in [0.1, 0.15) is 86.7 Å². The van der Waals surface area contributed by atoms with E-state index in [1.807, 2.05) is 0 Å². The number of nitrogens with two attached hydrogens (primary N) is 1. The zero-order valence-electron chi connectivity index (χ0n) is 37.4. The Morgan fingerprint density at radius 3 is 1.98 bits per heavy atom. The molecule has 0 unspecified atom stereocenters. The average Bonchev–Trinajstić information content (AvgIpc) is 3.28. The second-order valence-electron chi connectivity index (χ2n) is 18.0. The molecule has 0 spiro atoms. The Morgan fingerprint density at radius 2 is 1.44 bits per heavy atom. The number of aliphatic hydroxyl groups is 2. The van der Waals surface area contributed by atoms with Crippen LogP contribution in [0.25, 0.3) is 0 Å². The van der Waals surface area contributed by atoms with Crippen molar-refractivity contribution in [1.82, 2.24) is 5.32 Å². The van der Waals surface area contributed by atoms with Gasteiger partial charge >= 0.3 is 29.8 Å². The Balaban J connectivity index is 1.42. The highest BCUT2D eigenvalue weighted by atomic mass is 16.6. The number of nitrogens with one attached hydrogen (secondary N) is 1. The maximum absolute atomic E-state index is 15.6. The normalized spacial score (nSPS) is 30.5. The van der Waals surface area contributed by atoms with E-state index in [9.17, 15) is 39.0 Å². The molecule has 0 radical (unpaired) electrons. The number of Topliss-reactive ketones (excluding diaryl/α,β-unsaturated/α-hetero) is 1. The van der Waals surface area contributed by atoms with Crippen LogP contribution < -0.4 is 11.1 Å². The molecule has 1 saturated heterocycles. The highest BCUT2D eigenvalue weighted by Gasteiger charge is 2.78. The Labute approximate surface area is 380 Å². The summed E-state index contributed by atoms with van der Waals surface area (Å²) in [5, 5.41) is 28.7. The van der Waals surface area contributed by atoms with Crippen LogP contribution in [0.5, 0.6) is 0 Å². The summed E-state index contributed by atoms with van der Waals surface area (Å²) < 4.78 is 36.2. The molecule has 3 aromatic carbocycles. The molecule has 7 rings (SSSR count). The first-order valence-electron chi connectivity index (χ1n) is 21.6. The van der Waals surface area contributed by atoms with Crippen molar-refractivity contribution in [1.29, 1.82) is 0 Å². The van der Waals surface area contributed by atoms with Gasteiger partial charge in [-0.2, -0.15) is 0 Å². The number of hydrogen-bond donors (Lipinski definition) is 4. The molecule has 17 nitrogen and oxygen atoms in total. The van der Waals surface area contributed by atoms with Crippen molar-refractivity contribution in [2.45, 2.75) is 108 Å². The number of benzene rings is 3. The van der Waals surface area contributed by atoms with Crippen LogP contribution in [0.15, 0.2) is 102 Å². The van der Waals surface area contributed by atoms with Crippen molar-refractivity contribution in [2.24, 2.45) is 22.5 Å². The topological polar surface area (TPSA) is 253 Å². The first-order valence-corrected chi connectivity index (χ1v) is 21.6. The minimum Gasteiger partial charge on any atom is -0.455 e. The molecule has 4 aliphatic rings. The molecule has 3 aromatic rings. The van der Waals surface area contributed by atoms with Crippen molar-refractivity contribution < 1.29 is 72.2 Å². The number of carbonyl (C=O) groups excluding carboxylic acids is 7. The summed E-state index contributed by atoms with van der Waals surface area (Å²) in [5.74, 6) is -8.05. The van der Waals surface area contributed by atoms with E-state index in [0.29, 0.717) is 5.56 Å². The lowest BCUT2D eigenvalue weighted by atomic mass is 9.44. The predicted molar refractivity (Wildman–Crippen MR) is 231 cm³/mol. The second-order valence-corrected chi connectivity index (χ2v) is 18.0. The number of amides is 1. The number of ether oxygens (including phenoxy) is 6. The van der Waals surface area contributed by atoms with Crippen LogP contribution in [0, 0.1) is 16.7 Å². The summed E-state index contributed by atoms with van der Waals surface area (Å²) >= 11 is 0. The lowest BCUT2D eigenvalue weighted by Crippen LogP contribution is -2.82. The molecule has 11 atom stereocenters. The van der Waals surface area contributed by atoms with Gasteiger partial charge in [0.05, 0.1) is 36.2 Å². The zero-order valence-corrected chi connectivity index (χ0v) is 37.4. The second kappa shape index (κ2) is 18.2. The van der Waals surface area contributed by atoms with Crippen LogP contribution in [0.2, 0.25) is 0 Å². The van der Waals surface area contributed by atoms with Gasteiger partial charge in [-0.3, -0.25) is 24.0 Å². The monoisotopic (exact) mass is 910 g/mol. The molecule has 0 aromatic heterocycles. The van der Waals surface area contributed by atoms with Gasteiger partial charge in [-0.15, -0.1) is 0 Å². The third-order valence-electron chi connectivity index (χ3n) is 13.9. The van der Waals surface area contributed by atoms with Crippen LogP contribution in [0.4, 0.5) is 0 Å². The highest BCUT2D eigenvalue weighted by molar-refractivity contribution is 5.96. The summed E-state index contributed by atoms with van der Waals surface area (Å²) in [6.45, 7) is 7.19. The number of esters is 5. The molecule has 3 aliphatic carbocycles. The van der Waals surface area contributed by atoms with Gasteiger partial charge in [0, 0.05) is 37.7 Å². The van der Waals surface area contributed by atoms with Crippen LogP contribution in [0.3, 0.4) is 0 Å². The van der Waals surface area contributed by atoms with E-state index < -0.39 is 125 Å². The quantitative estimate of drug-likeness (QED) is 0.116. The Morgan fingerprint density at radius 1 is 0.848 bits per heavy atom. The van der Waals surface area contributed by atoms with Gasteiger partial charge in [0.25, 0.3) is 5.91 Å². The minimum absolute atomic E-state index is 0.0390. The Kier molecular flexibility index (Phi) is 13.1. The van der Waals surface area contributed by atoms with Gasteiger partial charge < -0.3 is 49.7 Å². The zero-order chi connectivity index (χ0) is 47.9. The summed E-state index contributed by atoms with van der Waals surface area (Å²) in [5.41, 5.74) is -1.69. The Bertz CT molecular complexity index is 2430. The fourth-order valence-corrected chi connectivity index (χ4v) is 10.5. The summed E-state index contributed by atoms with van der Waals surface area (Å²) in [7, 11) is 0. The van der Waals surface area contributed by atoms with Crippen molar-refractivity contribution in [3.63, 3.8) is 0 Å². The van der Waals surface area contributed by atoms with E-state index in [4.69, 9.17) is 34.2 Å². The van der Waals surface area contributed by atoms with E-state index in [1.165, 1.54) is 26.0 Å². The van der Waals surface area contributed by atoms with Crippen LogP contribution in [-0.2, 0) is 52.4 Å². The highest BCUT2D eigenvalue weighted by Crippen LogP contribution is 2.64. The largest absolute Gasteiger partial charge is 0.455 e. The molecule has 17 heteroatoms. The first-order chi connectivity index (χ1) is 31.2. The van der Waals surface area contributed by atoms with Crippen molar-refractivity contribution in [3.05, 3.63) is 119 Å². The standard InChI is InChI=1S/C49H54N2O15/c1-26-32(63-45(59)39(64-35(55)24-50)37(29-16-10-7-11-17-29)51-43(57)30-18-12-8-13-19-30)23-49(60)42(65-44(58)31-20-14-9-15-21-31)40-47(6,33(54)22-34-48(40,25-61-34)66-28(3)53)41(56)38(62-27(2)52)36(26)46(49,4)5/h7-21,32-34,37-40,42,54,60H,22-25,50H2,1-6H3,(H,51,57)/t32-,33-,34+,37-,38+,39+,40-,42-,47+,48-,49+/m0/s1. The van der Waals surface area contributed by atoms with Gasteiger partial charge in [0.1, 0.15) is 30.0 Å². The number of hydrogen-bond acceptors (Lipinski definition) is 16. The van der Waals surface area contributed by atoms with Crippen LogP contribution in [-0.4, -0.2) is 113 Å². The van der Waals surface area contributed by atoms with Crippen molar-refractivity contribution >= 4 is 41.5 Å². The predicted octanol–water partition coefficient (Wildman–Crippen LogP) is 3.25. The number of carbonyl (C=O) groups is 7. The van der Waals surface area contributed by atoms with Crippen molar-refractivity contribution in [2.75, 3.05) is 13.2 Å². The van der Waals surface area contributed by atoms with Crippen molar-refractivity contribution in [3.8, 4) is 0 Å². The fourth-order valence-electron chi connectivity index (χ4n) is 10.5. The fraction of sp³-hybridized carbons (Fsp3) is 0.449. The summed E-state index contributed by atoms with van der Waals surface area (Å²) in [4.78, 5) is 97.8. The smallest absolute Gasteiger partial charge is 0.350 e. The van der Waals surface area contributed by atoms with Crippen LogP contribution >= 0.6 is 0 Å². The summed E-state index contributed by atoms with van der Waals surface area (Å²) in [6, 6.07) is 22.7. The van der Waals surface area contributed by atoms with Gasteiger partial charge in [-0.25, -0.2) is 9.59 Å². The van der Waals surface area contributed by atoms with E-state index >= 15 is 4.79 Å². The van der Waals surface area contributed by atoms with Gasteiger partial charge in [0.15, 0.2) is 17.5 Å². The molecular weight excluding hydrogens is 857 g/mol. The SMILES string of the molecule is CC(=O)O[C@H]1C(=O)[C@@]2(C)[C@H]([C@H](OC(=O)c3ccccc3)[C@]3(O)C[C@H](OC(=O)[C@H](OC(=O)CN)[C@@H](NC(=O)c4ccccc4)c4ccccc4)C(C)=C1C3(C)C)[C@]1(OC(C)=O)CO[C@@H]1C[C@@H]2O. The van der Waals surface area contributed by atoms with Gasteiger partial charge in [0.2, 0.25) is 6.10 Å². The number of fused-ring (bicyclic) bond motifs is 5. The van der Waals surface area contributed by atoms with Gasteiger partial charge in [-0.1, -0.05) is 80.6 Å². The number of aliphatic hydroxyl groups excluding tert-OH is 1. The van der Waals surface area contributed by atoms with E-state index in [0.717, 1.165) is 13.8 Å². The lowest BCUT2D eigenvalue weighted by molar-refractivity contribution is -0.346. The molecule has 2 bridgehead atoms. The maximum Gasteiger partial charge on any atom is 0.350 e. The van der Waals surface area contributed by atoms with Gasteiger partial charge in [-0.05, 0) is 54.8 Å². The minimum atomic E-state index is -2.45. The number of rotatable bonds is 12. The first kappa shape index (κ1) is 47.7. The third-order valence-corrected chi connectivity index (χ3v) is 13.9. The van der Waals surface area contributed by atoms with E-state index in [-0.39, 0.29) is 35.3 Å². The molecule has 66 heavy (non-hydrogen) atoms. The maximum atomic E-state index is 15.6. The molecule has 1 amide bonds. The number of ketones is 1. The summed E-state index contributed by atoms with van der Waals surface area (Å²) in [6.07, 6.45) is -10.7. The molecule has 2 saturated carbocycles. The molecular formula is C49H54N2O15.